The Morgan fingerprint density at radius 3 is 2.75 bits per heavy atom. The highest BCUT2D eigenvalue weighted by atomic mass is 16.5. The van der Waals surface area contributed by atoms with Crippen LogP contribution in [0.15, 0.2) is 24.3 Å². The van der Waals surface area contributed by atoms with E-state index in [-0.39, 0.29) is 0 Å². The van der Waals surface area contributed by atoms with E-state index in [9.17, 15) is 0 Å². The van der Waals surface area contributed by atoms with E-state index in [0.29, 0.717) is 0 Å². The van der Waals surface area contributed by atoms with E-state index in [1.54, 1.807) is 0 Å². The first-order valence-corrected chi connectivity index (χ1v) is 7.86. The summed E-state index contributed by atoms with van der Waals surface area (Å²) in [6.45, 7) is 4.23. The third-order valence-electron chi connectivity index (χ3n) is 4.46. The topological polar surface area (TPSA) is 38.5 Å². The summed E-state index contributed by atoms with van der Waals surface area (Å²) in [7, 11) is 2.25. The molecule has 1 saturated carbocycles. The lowest BCUT2D eigenvalue weighted by molar-refractivity contribution is 0.131. The average Bonchev–Trinajstić information content (AvgIpc) is 2.45. The number of hydrogen-bond donors (Lipinski definition) is 1. The lowest BCUT2D eigenvalue weighted by Crippen LogP contribution is -2.39. The minimum absolute atomic E-state index is 0.724. The van der Waals surface area contributed by atoms with Gasteiger partial charge >= 0.3 is 0 Å². The van der Waals surface area contributed by atoms with Crippen LogP contribution in [0.25, 0.3) is 0 Å². The minimum Gasteiger partial charge on any atom is -0.491 e. The molecule has 20 heavy (non-hydrogen) atoms. The SMILES string of the molecule is CC1CCCCC1N(C)CCCOc1ccccc1N. The van der Waals surface area contributed by atoms with E-state index < -0.39 is 0 Å². The Labute approximate surface area is 123 Å². The molecule has 2 rings (SSSR count). The first-order valence-electron chi connectivity index (χ1n) is 7.86. The van der Waals surface area contributed by atoms with Crippen LogP contribution >= 0.6 is 0 Å². The summed E-state index contributed by atoms with van der Waals surface area (Å²) < 4.78 is 5.75. The highest BCUT2D eigenvalue weighted by Gasteiger charge is 2.24. The summed E-state index contributed by atoms with van der Waals surface area (Å²) >= 11 is 0. The lowest BCUT2D eigenvalue weighted by atomic mass is 9.85. The molecule has 1 aromatic carbocycles. The first kappa shape index (κ1) is 15.2. The predicted octanol–water partition coefficient (Wildman–Crippen LogP) is 3.55. The second-order valence-corrected chi connectivity index (χ2v) is 6.05. The van der Waals surface area contributed by atoms with Crippen LogP contribution in [-0.2, 0) is 0 Å². The van der Waals surface area contributed by atoms with Gasteiger partial charge in [0.05, 0.1) is 12.3 Å². The molecule has 0 bridgehead atoms. The number of nitrogens with zero attached hydrogens (tertiary/aromatic N) is 1. The molecule has 0 spiro atoms. The number of nitrogen functional groups attached to an aromatic ring is 1. The molecule has 1 aliphatic rings. The summed E-state index contributed by atoms with van der Waals surface area (Å²) in [6.07, 6.45) is 6.57. The number of benzene rings is 1. The van der Waals surface area contributed by atoms with E-state index in [1.165, 1.54) is 25.7 Å². The molecule has 1 aromatic rings. The Morgan fingerprint density at radius 2 is 2.00 bits per heavy atom. The molecule has 1 aliphatic carbocycles. The maximum absolute atomic E-state index is 5.86. The Morgan fingerprint density at radius 1 is 1.25 bits per heavy atom. The molecule has 2 unspecified atom stereocenters. The highest BCUT2D eigenvalue weighted by molar-refractivity contribution is 5.51. The van der Waals surface area contributed by atoms with E-state index in [0.717, 1.165) is 43.0 Å². The van der Waals surface area contributed by atoms with Gasteiger partial charge in [0.25, 0.3) is 0 Å². The van der Waals surface area contributed by atoms with Crippen molar-refractivity contribution in [3.8, 4) is 5.75 Å². The molecule has 0 radical (unpaired) electrons. The quantitative estimate of drug-likeness (QED) is 0.638. The summed E-state index contributed by atoms with van der Waals surface area (Å²) in [5.41, 5.74) is 6.59. The van der Waals surface area contributed by atoms with Crippen molar-refractivity contribution in [2.45, 2.75) is 45.1 Å². The van der Waals surface area contributed by atoms with E-state index in [4.69, 9.17) is 10.5 Å². The standard InChI is InChI=1S/C17H28N2O/c1-14-8-3-5-10-16(14)19(2)12-7-13-20-17-11-6-4-9-15(17)18/h4,6,9,11,14,16H,3,5,7-8,10,12-13,18H2,1-2H3. The van der Waals surface area contributed by atoms with Gasteiger partial charge in [-0.05, 0) is 44.4 Å². The van der Waals surface area contributed by atoms with Crippen molar-refractivity contribution >= 4 is 5.69 Å². The van der Waals surface area contributed by atoms with Crippen LogP contribution in [0.3, 0.4) is 0 Å². The molecule has 0 amide bonds. The smallest absolute Gasteiger partial charge is 0.142 e. The fourth-order valence-corrected chi connectivity index (χ4v) is 3.23. The van der Waals surface area contributed by atoms with Gasteiger partial charge in [-0.2, -0.15) is 0 Å². The molecule has 112 valence electrons. The second kappa shape index (κ2) is 7.53. The maximum Gasteiger partial charge on any atom is 0.142 e. The highest BCUT2D eigenvalue weighted by Crippen LogP contribution is 2.27. The number of nitrogens with two attached hydrogens (primary N) is 1. The van der Waals surface area contributed by atoms with Crippen molar-refractivity contribution in [2.24, 2.45) is 5.92 Å². The van der Waals surface area contributed by atoms with Gasteiger partial charge in [0.1, 0.15) is 5.75 Å². The maximum atomic E-state index is 5.86. The Kier molecular flexibility index (Phi) is 5.72. The molecule has 3 nitrogen and oxygen atoms in total. The van der Waals surface area contributed by atoms with Crippen LogP contribution in [0.4, 0.5) is 5.69 Å². The molecule has 0 aromatic heterocycles. The van der Waals surface area contributed by atoms with E-state index in [1.807, 2.05) is 24.3 Å². The molecule has 0 aliphatic heterocycles. The summed E-state index contributed by atoms with van der Waals surface area (Å²) in [5, 5.41) is 0. The van der Waals surface area contributed by atoms with Gasteiger partial charge < -0.3 is 15.4 Å². The minimum atomic E-state index is 0.724. The summed E-state index contributed by atoms with van der Waals surface area (Å²) in [6, 6.07) is 8.46. The largest absolute Gasteiger partial charge is 0.491 e. The van der Waals surface area contributed by atoms with Gasteiger partial charge in [0.15, 0.2) is 0 Å². The van der Waals surface area contributed by atoms with Crippen molar-refractivity contribution in [3.63, 3.8) is 0 Å². The van der Waals surface area contributed by atoms with Crippen LogP contribution < -0.4 is 10.5 Å². The van der Waals surface area contributed by atoms with E-state index in [2.05, 4.69) is 18.9 Å². The third-order valence-corrected chi connectivity index (χ3v) is 4.46. The fraction of sp³-hybridized carbons (Fsp3) is 0.647. The Balaban J connectivity index is 1.69. The molecule has 2 N–H and O–H groups in total. The summed E-state index contributed by atoms with van der Waals surface area (Å²) in [4.78, 5) is 2.52. The Hall–Kier alpha value is -1.22. The Bertz CT molecular complexity index is 408. The average molecular weight is 276 g/mol. The van der Waals surface area contributed by atoms with Gasteiger partial charge in [0.2, 0.25) is 0 Å². The first-order chi connectivity index (χ1) is 9.68. The lowest BCUT2D eigenvalue weighted by Gasteiger charge is -2.36. The van der Waals surface area contributed by atoms with Crippen molar-refractivity contribution < 1.29 is 4.74 Å². The molecule has 0 saturated heterocycles. The molecular weight excluding hydrogens is 248 g/mol. The second-order valence-electron chi connectivity index (χ2n) is 6.05. The van der Waals surface area contributed by atoms with Crippen LogP contribution in [-0.4, -0.2) is 31.1 Å². The zero-order valence-corrected chi connectivity index (χ0v) is 12.8. The number of para-hydroxylation sites is 2. The van der Waals surface area contributed by atoms with Crippen LogP contribution in [0.2, 0.25) is 0 Å². The number of hydrogen-bond acceptors (Lipinski definition) is 3. The van der Waals surface area contributed by atoms with Gasteiger partial charge in [-0.15, -0.1) is 0 Å². The third kappa shape index (κ3) is 4.14. The van der Waals surface area contributed by atoms with E-state index >= 15 is 0 Å². The molecule has 3 heteroatoms. The molecule has 2 atom stereocenters. The van der Waals surface area contributed by atoms with Gasteiger partial charge in [-0.3, -0.25) is 0 Å². The fourth-order valence-electron chi connectivity index (χ4n) is 3.23. The van der Waals surface area contributed by atoms with Crippen LogP contribution in [0, 0.1) is 5.92 Å². The molecule has 1 fully saturated rings. The van der Waals surface area contributed by atoms with Crippen LogP contribution in [0.1, 0.15) is 39.0 Å². The zero-order chi connectivity index (χ0) is 14.4. The molecular formula is C17H28N2O. The normalized spacial score (nSPS) is 22.9. The van der Waals surface area contributed by atoms with Crippen molar-refractivity contribution in [1.82, 2.24) is 4.90 Å². The van der Waals surface area contributed by atoms with Gasteiger partial charge in [-0.1, -0.05) is 31.9 Å². The summed E-state index contributed by atoms with van der Waals surface area (Å²) in [5.74, 6) is 1.64. The van der Waals surface area contributed by atoms with Gasteiger partial charge in [-0.25, -0.2) is 0 Å². The monoisotopic (exact) mass is 276 g/mol. The molecule has 0 heterocycles. The predicted molar refractivity (Wildman–Crippen MR) is 85.0 cm³/mol. The number of ether oxygens (including phenoxy) is 1. The van der Waals surface area contributed by atoms with Crippen molar-refractivity contribution in [1.29, 1.82) is 0 Å². The van der Waals surface area contributed by atoms with Crippen LogP contribution in [0.5, 0.6) is 5.75 Å². The van der Waals surface area contributed by atoms with Gasteiger partial charge in [0, 0.05) is 12.6 Å². The number of anilines is 1. The van der Waals surface area contributed by atoms with Crippen molar-refractivity contribution in [2.75, 3.05) is 25.9 Å². The zero-order valence-electron chi connectivity index (χ0n) is 12.8. The number of rotatable bonds is 6. The van der Waals surface area contributed by atoms with Crippen molar-refractivity contribution in [3.05, 3.63) is 24.3 Å².